The number of halogens is 2. The van der Waals surface area contributed by atoms with E-state index in [0.717, 1.165) is 6.42 Å². The predicted molar refractivity (Wildman–Crippen MR) is 43.3 cm³/mol. The molecule has 1 heterocycles. The molecule has 1 aliphatic heterocycles. The van der Waals surface area contributed by atoms with Gasteiger partial charge in [-0.1, -0.05) is 0 Å². The summed E-state index contributed by atoms with van der Waals surface area (Å²) in [4.78, 5) is 0. The maximum atomic E-state index is 6.12. The molecular weight excluding hydrogens is 183 g/mol. The molecular formula is C7H8Cl2N2. The third-order valence-corrected chi connectivity index (χ3v) is 4.55. The molecule has 2 fully saturated rings. The summed E-state index contributed by atoms with van der Waals surface area (Å²) < 4.78 is 0. The van der Waals surface area contributed by atoms with Gasteiger partial charge in [-0.05, 0) is 6.42 Å². The van der Waals surface area contributed by atoms with Crippen LogP contribution >= 0.6 is 23.2 Å². The molecule has 2 bridgehead atoms. The lowest BCUT2D eigenvalue weighted by Gasteiger charge is -2.35. The predicted octanol–water partition coefficient (Wildman–Crippen LogP) is 2.05. The first-order valence-electron chi connectivity index (χ1n) is 3.97. The first-order chi connectivity index (χ1) is 5.29. The maximum absolute atomic E-state index is 6.12. The lowest BCUT2D eigenvalue weighted by molar-refractivity contribution is 0.292. The van der Waals surface area contributed by atoms with Gasteiger partial charge < -0.3 is 0 Å². The number of hydrogen-bond acceptors (Lipinski definition) is 2. The zero-order chi connectivity index (χ0) is 7.59. The summed E-state index contributed by atoms with van der Waals surface area (Å²) >= 11 is 12.2. The van der Waals surface area contributed by atoms with Gasteiger partial charge in [0.25, 0.3) is 0 Å². The van der Waals surface area contributed by atoms with Crippen LogP contribution in [0, 0.1) is 11.8 Å². The number of alkyl halides is 2. The Balaban J connectivity index is 1.98. The van der Waals surface area contributed by atoms with E-state index >= 15 is 0 Å². The van der Waals surface area contributed by atoms with Crippen molar-refractivity contribution in [1.29, 1.82) is 0 Å². The van der Waals surface area contributed by atoms with Crippen molar-refractivity contribution in [3.8, 4) is 0 Å². The highest BCUT2D eigenvalue weighted by Crippen LogP contribution is 2.55. The second-order valence-corrected chi connectivity index (χ2v) is 4.67. The molecule has 6 atom stereocenters. The van der Waals surface area contributed by atoms with E-state index in [1.54, 1.807) is 0 Å². The lowest BCUT2D eigenvalue weighted by Crippen LogP contribution is -2.45. The summed E-state index contributed by atoms with van der Waals surface area (Å²) in [7, 11) is 0. The summed E-state index contributed by atoms with van der Waals surface area (Å²) in [5.41, 5.74) is 0. The van der Waals surface area contributed by atoms with E-state index in [-0.39, 0.29) is 10.8 Å². The molecule has 3 rings (SSSR count). The van der Waals surface area contributed by atoms with Gasteiger partial charge in [-0.2, -0.15) is 10.2 Å². The molecule has 0 aromatic heterocycles. The van der Waals surface area contributed by atoms with Crippen molar-refractivity contribution in [1.82, 2.24) is 0 Å². The van der Waals surface area contributed by atoms with Crippen LogP contribution in [0.2, 0.25) is 0 Å². The molecule has 0 aromatic carbocycles. The van der Waals surface area contributed by atoms with Crippen LogP contribution in [-0.2, 0) is 0 Å². The second-order valence-electron chi connectivity index (χ2n) is 3.66. The van der Waals surface area contributed by atoms with Crippen molar-refractivity contribution < 1.29 is 0 Å². The average Bonchev–Trinajstić information content (AvgIpc) is 2.29. The van der Waals surface area contributed by atoms with E-state index in [4.69, 9.17) is 23.2 Å². The molecule has 0 aromatic rings. The van der Waals surface area contributed by atoms with E-state index in [2.05, 4.69) is 10.2 Å². The lowest BCUT2D eigenvalue weighted by atomic mass is 9.89. The molecule has 2 saturated carbocycles. The molecule has 0 saturated heterocycles. The smallest absolute Gasteiger partial charge is 0.0995 e. The van der Waals surface area contributed by atoms with Crippen molar-refractivity contribution in [3.05, 3.63) is 0 Å². The van der Waals surface area contributed by atoms with Crippen LogP contribution in [-0.4, -0.2) is 22.8 Å². The van der Waals surface area contributed by atoms with Crippen molar-refractivity contribution in [2.45, 2.75) is 29.3 Å². The number of hydrogen-bond donors (Lipinski definition) is 0. The van der Waals surface area contributed by atoms with Crippen LogP contribution in [0.5, 0.6) is 0 Å². The largest absolute Gasteiger partial charge is 0.188 e. The van der Waals surface area contributed by atoms with Crippen LogP contribution in [0.15, 0.2) is 10.2 Å². The minimum Gasteiger partial charge on any atom is -0.188 e. The van der Waals surface area contributed by atoms with Gasteiger partial charge >= 0.3 is 0 Å². The van der Waals surface area contributed by atoms with Gasteiger partial charge in [0.1, 0.15) is 0 Å². The van der Waals surface area contributed by atoms with Gasteiger partial charge in [0.15, 0.2) is 0 Å². The van der Waals surface area contributed by atoms with E-state index in [0.29, 0.717) is 23.9 Å². The van der Waals surface area contributed by atoms with Crippen molar-refractivity contribution in [3.63, 3.8) is 0 Å². The van der Waals surface area contributed by atoms with Crippen LogP contribution in [0.4, 0.5) is 0 Å². The second kappa shape index (κ2) is 1.91. The number of fused-ring (bicyclic) bond motifs is 5. The molecule has 2 nitrogen and oxygen atoms in total. The normalized spacial score (nSPS) is 64.5. The molecule has 0 spiro atoms. The Bertz CT molecular complexity index is 208. The highest BCUT2D eigenvalue weighted by atomic mass is 35.5. The molecule has 60 valence electrons. The Labute approximate surface area is 75.0 Å². The summed E-state index contributed by atoms with van der Waals surface area (Å²) in [5.74, 6) is 1.04. The molecule has 6 unspecified atom stereocenters. The summed E-state index contributed by atoms with van der Waals surface area (Å²) in [6.45, 7) is 0. The SMILES string of the molecule is ClC1C(Cl)C2CC1C1N=NC21. The zero-order valence-corrected chi connectivity index (χ0v) is 7.33. The van der Waals surface area contributed by atoms with Gasteiger partial charge in [0, 0.05) is 11.8 Å². The summed E-state index contributed by atoms with van der Waals surface area (Å²) in [6, 6.07) is 0.856. The molecule has 4 heteroatoms. The molecule has 0 radical (unpaired) electrons. The van der Waals surface area contributed by atoms with Crippen LogP contribution in [0.25, 0.3) is 0 Å². The van der Waals surface area contributed by atoms with Gasteiger partial charge in [0.2, 0.25) is 0 Å². The van der Waals surface area contributed by atoms with Gasteiger partial charge in [-0.3, -0.25) is 0 Å². The molecule has 0 N–H and O–H groups in total. The Hall–Kier alpha value is 0.180. The first-order valence-corrected chi connectivity index (χ1v) is 4.84. The van der Waals surface area contributed by atoms with Crippen LogP contribution in [0.3, 0.4) is 0 Å². The Morgan fingerprint density at radius 3 is 1.73 bits per heavy atom. The molecule has 2 aliphatic carbocycles. The first kappa shape index (κ1) is 6.67. The topological polar surface area (TPSA) is 24.7 Å². The van der Waals surface area contributed by atoms with Gasteiger partial charge in [-0.15, -0.1) is 23.2 Å². The fraction of sp³-hybridized carbons (Fsp3) is 1.00. The monoisotopic (exact) mass is 190 g/mol. The number of rotatable bonds is 0. The highest BCUT2D eigenvalue weighted by Gasteiger charge is 2.60. The Kier molecular flexibility index (Phi) is 1.16. The third kappa shape index (κ3) is 0.619. The van der Waals surface area contributed by atoms with E-state index < -0.39 is 0 Å². The molecule has 3 aliphatic rings. The highest BCUT2D eigenvalue weighted by molar-refractivity contribution is 6.31. The maximum Gasteiger partial charge on any atom is 0.0995 e. The number of nitrogens with zero attached hydrogens (tertiary/aromatic N) is 2. The van der Waals surface area contributed by atoms with E-state index in [9.17, 15) is 0 Å². The average molecular weight is 191 g/mol. The molecule has 0 amide bonds. The van der Waals surface area contributed by atoms with Crippen LogP contribution in [0.1, 0.15) is 6.42 Å². The summed E-state index contributed by atoms with van der Waals surface area (Å²) in [6.07, 6.45) is 1.14. The standard InChI is InChI=1S/C7H8Cl2N2/c8-4-2-1-3(5(4)9)7-6(2)10-11-7/h2-7H,1H2. The van der Waals surface area contributed by atoms with Crippen molar-refractivity contribution in [2.24, 2.45) is 22.1 Å². The van der Waals surface area contributed by atoms with Crippen molar-refractivity contribution >= 4 is 23.2 Å². The van der Waals surface area contributed by atoms with Gasteiger partial charge in [-0.25, -0.2) is 0 Å². The van der Waals surface area contributed by atoms with E-state index in [1.165, 1.54) is 0 Å². The molecule has 11 heavy (non-hydrogen) atoms. The third-order valence-electron chi connectivity index (χ3n) is 3.23. The number of azo groups is 1. The fourth-order valence-corrected chi connectivity index (χ4v) is 3.48. The fourth-order valence-electron chi connectivity index (χ4n) is 2.60. The van der Waals surface area contributed by atoms with Gasteiger partial charge in [0.05, 0.1) is 22.8 Å². The minimum absolute atomic E-state index is 0.141. The minimum atomic E-state index is 0.141. The van der Waals surface area contributed by atoms with E-state index in [1.807, 2.05) is 0 Å². The quantitative estimate of drug-likeness (QED) is 0.523. The van der Waals surface area contributed by atoms with Crippen LogP contribution < -0.4 is 0 Å². The Morgan fingerprint density at radius 2 is 1.36 bits per heavy atom. The Morgan fingerprint density at radius 1 is 0.909 bits per heavy atom. The zero-order valence-electron chi connectivity index (χ0n) is 5.82. The summed E-state index contributed by atoms with van der Waals surface area (Å²) in [5, 5.41) is 8.44. The van der Waals surface area contributed by atoms with Crippen molar-refractivity contribution in [2.75, 3.05) is 0 Å².